The van der Waals surface area contributed by atoms with Gasteiger partial charge in [-0.05, 0) is 163 Å². The molecule has 3 nitrogen and oxygen atoms in total. The van der Waals surface area contributed by atoms with E-state index in [2.05, 4.69) is 230 Å². The summed E-state index contributed by atoms with van der Waals surface area (Å²) >= 11 is 0. The summed E-state index contributed by atoms with van der Waals surface area (Å²) in [4.78, 5) is 2.46. The molecule has 0 fully saturated rings. The molecule has 14 rings (SSSR count). The van der Waals surface area contributed by atoms with Crippen molar-refractivity contribution in [3.8, 4) is 44.5 Å². The zero-order chi connectivity index (χ0) is 49.9. The van der Waals surface area contributed by atoms with Crippen molar-refractivity contribution in [2.75, 3.05) is 4.90 Å². The number of hydrogen-bond acceptors (Lipinski definition) is 3. The van der Waals surface area contributed by atoms with E-state index in [1.807, 2.05) is 12.1 Å². The molecule has 3 aliphatic rings. The van der Waals surface area contributed by atoms with Crippen LogP contribution in [0.15, 0.2) is 203 Å². The Morgan fingerprint density at radius 2 is 0.959 bits per heavy atom. The lowest BCUT2D eigenvalue weighted by atomic mass is 9.79. The van der Waals surface area contributed by atoms with Crippen molar-refractivity contribution in [3.05, 3.63) is 244 Å². The molecule has 0 radical (unpaired) electrons. The maximum atomic E-state index is 6.92. The highest BCUT2D eigenvalue weighted by atomic mass is 16.3. The third-order valence-corrected chi connectivity index (χ3v) is 17.1. The molecule has 2 aromatic heterocycles. The van der Waals surface area contributed by atoms with E-state index in [9.17, 15) is 0 Å². The second-order valence-electron chi connectivity index (χ2n) is 22.3. The molecular weight excluding hydrogens is 887 g/mol. The number of nitrogens with zero attached hydrogens (tertiary/aromatic N) is 1. The molecule has 0 spiro atoms. The normalized spacial score (nSPS) is 16.2. The number of rotatable bonds is 5. The van der Waals surface area contributed by atoms with Crippen LogP contribution in [0.2, 0.25) is 0 Å². The van der Waals surface area contributed by atoms with Crippen LogP contribution >= 0.6 is 0 Å². The Balaban J connectivity index is 0.923. The molecule has 0 bridgehead atoms. The van der Waals surface area contributed by atoms with Gasteiger partial charge in [0.1, 0.15) is 22.2 Å². The minimum Gasteiger partial charge on any atom is -0.457 e. The van der Waals surface area contributed by atoms with Gasteiger partial charge >= 0.3 is 0 Å². The standard InChI is InChI=1S/C70H55NO2/c1-40-26-28-46(29-27-40)71(47-30-32-49-54-38-59-55(39-58(54)69(6,7)56(49)35-47)63(41(2)68(59,4)5)64-42(3)72-61-24-15-13-22-51(61)64)48-31-33-50-57(36-48)70(8,9)60-37-53(45-21-17-20-44(34-45)43-18-11-10-12-19-43)67-66(65(50)60)52-23-14-16-25-62(52)73-67/h10-39H,2-3H2,1,4-9H3/b64-63-. The van der Waals surface area contributed by atoms with Gasteiger partial charge in [-0.15, -0.1) is 0 Å². The molecule has 0 atom stereocenters. The zero-order valence-corrected chi connectivity index (χ0v) is 42.5. The summed E-state index contributed by atoms with van der Waals surface area (Å²) in [5, 5.41) is 4.44. The predicted octanol–water partition coefficient (Wildman–Crippen LogP) is 17.5. The Morgan fingerprint density at radius 3 is 1.70 bits per heavy atom. The number of allylic oxidation sites excluding steroid dienone is 1. The van der Waals surface area contributed by atoms with E-state index in [0.717, 1.165) is 72.1 Å². The van der Waals surface area contributed by atoms with Crippen LogP contribution in [0.3, 0.4) is 0 Å². The van der Waals surface area contributed by atoms with Gasteiger partial charge in [-0.1, -0.05) is 169 Å². The zero-order valence-electron chi connectivity index (χ0n) is 42.5. The Bertz CT molecular complexity index is 4330. The van der Waals surface area contributed by atoms with Gasteiger partial charge in [0.2, 0.25) is 0 Å². The predicted molar refractivity (Wildman–Crippen MR) is 305 cm³/mol. The molecule has 0 aliphatic heterocycles. The molecule has 0 amide bonds. The molecule has 352 valence electrons. The average molecular weight is 942 g/mol. The van der Waals surface area contributed by atoms with Crippen molar-refractivity contribution in [2.24, 2.45) is 0 Å². The van der Waals surface area contributed by atoms with Gasteiger partial charge in [0, 0.05) is 60.2 Å². The molecule has 3 aliphatic carbocycles. The van der Waals surface area contributed by atoms with Crippen LogP contribution in [0, 0.1) is 6.92 Å². The van der Waals surface area contributed by atoms with E-state index < -0.39 is 0 Å². The summed E-state index contributed by atoms with van der Waals surface area (Å²) in [6.07, 6.45) is 0. The van der Waals surface area contributed by atoms with Crippen molar-refractivity contribution in [1.29, 1.82) is 0 Å². The second-order valence-corrected chi connectivity index (χ2v) is 22.3. The van der Waals surface area contributed by atoms with E-state index in [4.69, 9.17) is 15.4 Å². The monoisotopic (exact) mass is 941 g/mol. The fraction of sp³-hybridized carbons (Fsp3) is 0.143. The summed E-state index contributed by atoms with van der Waals surface area (Å²) in [5.41, 5.74) is 26.8. The number of fused-ring (bicyclic) bond motifs is 12. The Kier molecular flexibility index (Phi) is 8.96. The van der Waals surface area contributed by atoms with Gasteiger partial charge in [0.25, 0.3) is 0 Å². The third-order valence-electron chi connectivity index (χ3n) is 17.1. The van der Waals surface area contributed by atoms with Gasteiger partial charge in [-0.3, -0.25) is 0 Å². The SMILES string of the molecule is C=C1/C(=c2\c(=C)oc3ccccc23)c2cc3c(cc2C1(C)C)-c1ccc(N(c2ccc(C)cc2)c2ccc4c(c2)C(C)(C)c2cc(-c5cccc(-c6ccccc6)c5)c5oc6ccccc6c5c2-4)cc1C3(C)C. The first kappa shape index (κ1) is 43.4. The van der Waals surface area contributed by atoms with Gasteiger partial charge in [-0.25, -0.2) is 0 Å². The Morgan fingerprint density at radius 1 is 0.411 bits per heavy atom. The van der Waals surface area contributed by atoms with Crippen molar-refractivity contribution in [2.45, 2.75) is 64.7 Å². The van der Waals surface area contributed by atoms with Crippen LogP contribution in [0.5, 0.6) is 0 Å². The molecule has 0 N–H and O–H groups in total. The van der Waals surface area contributed by atoms with Crippen LogP contribution in [0.1, 0.15) is 80.5 Å². The highest BCUT2D eigenvalue weighted by molar-refractivity contribution is 6.19. The fourth-order valence-electron chi connectivity index (χ4n) is 13.0. The van der Waals surface area contributed by atoms with Crippen LogP contribution < -0.4 is 15.5 Å². The quantitative estimate of drug-likeness (QED) is 0.172. The highest BCUT2D eigenvalue weighted by Crippen LogP contribution is 2.59. The number of aryl methyl sites for hydroxylation is 1. The average Bonchev–Trinajstić information content (AvgIpc) is 4.12. The summed E-state index contributed by atoms with van der Waals surface area (Å²) in [6, 6.07) is 67.0. The van der Waals surface area contributed by atoms with E-state index in [0.29, 0.717) is 5.42 Å². The van der Waals surface area contributed by atoms with Crippen LogP contribution in [-0.4, -0.2) is 0 Å². The number of furan rings is 2. The Labute approximate surface area is 426 Å². The summed E-state index contributed by atoms with van der Waals surface area (Å²) in [6.45, 7) is 25.5. The van der Waals surface area contributed by atoms with Crippen molar-refractivity contribution < 1.29 is 8.83 Å². The lowest BCUT2D eigenvalue weighted by Crippen LogP contribution is -2.23. The van der Waals surface area contributed by atoms with Crippen molar-refractivity contribution >= 4 is 62.1 Å². The first-order valence-electron chi connectivity index (χ1n) is 25.6. The first-order valence-corrected chi connectivity index (χ1v) is 25.6. The van der Waals surface area contributed by atoms with Gasteiger partial charge in [0.15, 0.2) is 0 Å². The number of benzene rings is 9. The smallest absolute Gasteiger partial charge is 0.143 e. The van der Waals surface area contributed by atoms with Crippen LogP contribution in [-0.2, 0) is 16.2 Å². The fourth-order valence-corrected chi connectivity index (χ4v) is 13.0. The highest BCUT2D eigenvalue weighted by Gasteiger charge is 2.44. The number of para-hydroxylation sites is 2. The van der Waals surface area contributed by atoms with Gasteiger partial charge < -0.3 is 13.7 Å². The van der Waals surface area contributed by atoms with Crippen molar-refractivity contribution in [1.82, 2.24) is 0 Å². The van der Waals surface area contributed by atoms with E-state index in [1.54, 1.807) is 0 Å². The molecule has 3 heteroatoms. The summed E-state index contributed by atoms with van der Waals surface area (Å²) < 4.78 is 13.2. The molecule has 0 saturated carbocycles. The minimum atomic E-state index is -0.327. The molecule has 0 saturated heterocycles. The molecule has 11 aromatic rings. The third kappa shape index (κ3) is 6.06. The second kappa shape index (κ2) is 15.1. The topological polar surface area (TPSA) is 29.5 Å². The number of anilines is 3. The van der Waals surface area contributed by atoms with E-state index in [-0.39, 0.29) is 16.2 Å². The molecule has 0 unspecified atom stereocenters. The largest absolute Gasteiger partial charge is 0.457 e. The van der Waals surface area contributed by atoms with Crippen LogP contribution in [0.4, 0.5) is 17.1 Å². The lowest BCUT2D eigenvalue weighted by molar-refractivity contribution is 0.577. The van der Waals surface area contributed by atoms with E-state index in [1.165, 1.54) is 77.7 Å². The minimum absolute atomic E-state index is 0.286. The Hall–Kier alpha value is -8.40. The van der Waals surface area contributed by atoms with Gasteiger partial charge in [-0.2, -0.15) is 0 Å². The van der Waals surface area contributed by atoms with Crippen molar-refractivity contribution in [3.63, 3.8) is 0 Å². The first-order chi connectivity index (χ1) is 35.2. The van der Waals surface area contributed by atoms with E-state index >= 15 is 0 Å². The molecular formula is C70H55NO2. The van der Waals surface area contributed by atoms with Gasteiger partial charge in [0.05, 0.1) is 0 Å². The van der Waals surface area contributed by atoms with Crippen LogP contribution in [0.25, 0.3) is 89.6 Å². The summed E-state index contributed by atoms with van der Waals surface area (Å²) in [5.74, 6) is 0. The summed E-state index contributed by atoms with van der Waals surface area (Å²) in [7, 11) is 0. The molecule has 73 heavy (non-hydrogen) atoms. The lowest BCUT2D eigenvalue weighted by Gasteiger charge is -2.30. The maximum absolute atomic E-state index is 6.92. The number of hydrogen-bond donors (Lipinski definition) is 0. The maximum Gasteiger partial charge on any atom is 0.143 e. The molecule has 2 heterocycles. The molecule has 9 aromatic carbocycles.